The van der Waals surface area contributed by atoms with Gasteiger partial charge >= 0.3 is 17.1 Å². The van der Waals surface area contributed by atoms with Crippen molar-refractivity contribution in [1.82, 2.24) is 29.2 Å². The van der Waals surface area contributed by atoms with Crippen molar-refractivity contribution >= 4 is 14.1 Å². The average molecular weight is 664 g/mol. The molecule has 2 aromatic heterocycles. The molecule has 246 valence electrons. The van der Waals surface area contributed by atoms with Gasteiger partial charge in [-0.1, -0.05) is 0 Å². The number of alkyl halides is 2. The van der Waals surface area contributed by atoms with Gasteiger partial charge in [-0.25, -0.2) is 23.2 Å². The highest BCUT2D eigenvalue weighted by molar-refractivity contribution is 7.63. The van der Waals surface area contributed by atoms with Gasteiger partial charge in [0.15, 0.2) is 24.8 Å². The number of hydrogen-bond donors (Lipinski definition) is 7. The fraction of sp³-hybridized carbons (Fsp3) is 0.550. The fourth-order valence-corrected chi connectivity index (χ4v) is 4.48. The van der Waals surface area contributed by atoms with E-state index in [0.717, 1.165) is 14.1 Å². The van der Waals surface area contributed by atoms with Crippen molar-refractivity contribution in [2.45, 2.75) is 49.3 Å². The third-order valence-electron chi connectivity index (χ3n) is 6.27. The van der Waals surface area contributed by atoms with Crippen LogP contribution in [0.3, 0.4) is 0 Å². The number of rotatable bonds is 7. The number of aromatic nitrogens is 4. The van der Waals surface area contributed by atoms with Crippen LogP contribution in [0.5, 0.6) is 0 Å². The monoisotopic (exact) mass is 664 g/mol. The first-order valence-corrected chi connectivity index (χ1v) is 13.2. The number of aliphatic hydroxyl groups is 1. The highest BCUT2D eigenvalue weighted by Crippen LogP contribution is 2.37. The Labute approximate surface area is 241 Å². The van der Waals surface area contributed by atoms with Gasteiger partial charge in [-0.15, -0.1) is 0 Å². The maximum atomic E-state index is 14.5. The zero-order valence-corrected chi connectivity index (χ0v) is 23.1. The number of nitrogens with zero attached hydrogens (tertiary/aromatic N) is 4. The van der Waals surface area contributed by atoms with Gasteiger partial charge in [-0.05, 0) is 0 Å². The molecule has 2 aliphatic heterocycles. The number of halogens is 4. The van der Waals surface area contributed by atoms with E-state index in [9.17, 15) is 51.9 Å². The second kappa shape index (κ2) is 14.2. The summed E-state index contributed by atoms with van der Waals surface area (Å²) >= 11 is 0. The molecule has 4 rings (SSSR count). The molecule has 0 amide bonds. The highest BCUT2D eigenvalue weighted by Gasteiger charge is 2.51. The summed E-state index contributed by atoms with van der Waals surface area (Å²) < 4.78 is 70.7. The van der Waals surface area contributed by atoms with Gasteiger partial charge in [0.25, 0.3) is 19.5 Å². The zero-order valence-electron chi connectivity index (χ0n) is 22.2. The first-order chi connectivity index (χ1) is 20.5. The zero-order chi connectivity index (χ0) is 33.2. The van der Waals surface area contributed by atoms with Crippen LogP contribution in [0.1, 0.15) is 12.5 Å². The van der Waals surface area contributed by atoms with Gasteiger partial charge in [-0.2, -0.15) is 18.9 Å². The molecule has 2 aliphatic rings. The fourth-order valence-electron chi connectivity index (χ4n) is 4.28. The Bertz CT molecular complexity index is 1570. The lowest BCUT2D eigenvalue weighted by Gasteiger charge is -2.23. The predicted molar refractivity (Wildman–Crippen MR) is 132 cm³/mol. The normalized spacial score (nSPS) is 28.4. The van der Waals surface area contributed by atoms with Crippen LogP contribution in [-0.4, -0.2) is 118 Å². The quantitative estimate of drug-likeness (QED) is 0.0923. The minimum Gasteiger partial charge on any atom is -0.427 e. The van der Waals surface area contributed by atoms with Crippen LogP contribution in [0, 0.1) is 11.6 Å². The van der Waals surface area contributed by atoms with Gasteiger partial charge in [0.2, 0.25) is 17.9 Å². The number of carbonyl (C=O) groups excluding carboxylic acids is 1. The SMILES string of the molecule is CN(O)[C@@H]1[C@@H](OC(=O)P(O)O)O[C@@H](n2cc(F)c(=O)[nH]c2=O)[C@H]1F.CN(O)[C@H]1[C@H](F)[C@H](n2cc(F)c(=O)[nH]c2=O)O[C@@H]1CO. The maximum Gasteiger partial charge on any atom is 0.386 e. The van der Waals surface area contributed by atoms with E-state index in [1.165, 1.54) is 0 Å². The Morgan fingerprint density at radius 3 is 1.73 bits per heavy atom. The third-order valence-corrected chi connectivity index (χ3v) is 6.70. The van der Waals surface area contributed by atoms with E-state index in [4.69, 9.17) is 24.4 Å². The first kappa shape index (κ1) is 35.1. The number of aromatic amines is 2. The number of carbonyl (C=O) groups is 1. The molecule has 0 radical (unpaired) electrons. The lowest BCUT2D eigenvalue weighted by atomic mass is 10.1. The molecule has 4 heterocycles. The number of likely N-dealkylation sites (N-methyl/N-ethyl adjacent to an activating group) is 2. The molecule has 2 fully saturated rings. The van der Waals surface area contributed by atoms with Crippen molar-refractivity contribution in [3.05, 3.63) is 65.7 Å². The van der Waals surface area contributed by atoms with Crippen LogP contribution < -0.4 is 22.5 Å². The Kier molecular flexibility index (Phi) is 11.3. The number of H-pyrrole nitrogens is 2. The lowest BCUT2D eigenvalue weighted by Crippen LogP contribution is -2.44. The topological polar surface area (TPSA) is 262 Å². The minimum absolute atomic E-state index is 0.284. The molecule has 0 saturated carbocycles. The highest BCUT2D eigenvalue weighted by atomic mass is 31.2. The summed E-state index contributed by atoms with van der Waals surface area (Å²) in [6.45, 7) is -0.604. The van der Waals surface area contributed by atoms with Crippen LogP contribution >= 0.6 is 8.38 Å². The lowest BCUT2D eigenvalue weighted by molar-refractivity contribution is -0.180. The molecule has 7 N–H and O–H groups in total. The molecule has 0 aromatic carbocycles. The van der Waals surface area contributed by atoms with Crippen molar-refractivity contribution in [3.8, 4) is 0 Å². The van der Waals surface area contributed by atoms with E-state index in [1.54, 1.807) is 9.97 Å². The molecular weight excluding hydrogens is 639 g/mol. The van der Waals surface area contributed by atoms with Crippen molar-refractivity contribution in [1.29, 1.82) is 0 Å². The average Bonchev–Trinajstić information content (AvgIpc) is 3.44. The van der Waals surface area contributed by atoms with Gasteiger partial charge < -0.3 is 39.5 Å². The van der Waals surface area contributed by atoms with E-state index >= 15 is 0 Å². The Morgan fingerprint density at radius 2 is 1.34 bits per heavy atom. The number of hydroxylamine groups is 4. The molecular formula is C20H25F4N6O13P. The summed E-state index contributed by atoms with van der Waals surface area (Å²) in [6, 6.07) is -2.89. The van der Waals surface area contributed by atoms with Gasteiger partial charge in [0, 0.05) is 14.1 Å². The van der Waals surface area contributed by atoms with E-state index in [2.05, 4.69) is 4.74 Å². The molecule has 19 nitrogen and oxygen atoms in total. The second-order valence-electron chi connectivity index (χ2n) is 9.12. The van der Waals surface area contributed by atoms with Crippen LogP contribution in [0.2, 0.25) is 0 Å². The molecule has 0 aliphatic carbocycles. The molecule has 0 unspecified atom stereocenters. The van der Waals surface area contributed by atoms with Gasteiger partial charge in [-0.3, -0.25) is 28.7 Å². The van der Waals surface area contributed by atoms with Crippen LogP contribution in [0.15, 0.2) is 31.6 Å². The Balaban J connectivity index is 0.000000244. The summed E-state index contributed by atoms with van der Waals surface area (Å²) in [5.74, 6) is -2.67. The third kappa shape index (κ3) is 7.28. The molecule has 2 aromatic rings. The van der Waals surface area contributed by atoms with E-state index < -0.39 is 104 Å². The van der Waals surface area contributed by atoms with Crippen molar-refractivity contribution < 1.29 is 61.9 Å². The number of nitrogens with one attached hydrogen (secondary N) is 2. The Morgan fingerprint density at radius 1 is 0.909 bits per heavy atom. The molecule has 44 heavy (non-hydrogen) atoms. The molecule has 0 spiro atoms. The first-order valence-electron chi connectivity index (χ1n) is 11.9. The summed E-state index contributed by atoms with van der Waals surface area (Å²) in [5.41, 5.74) is -6.34. The molecule has 8 atom stereocenters. The van der Waals surface area contributed by atoms with Crippen LogP contribution in [0.25, 0.3) is 0 Å². The van der Waals surface area contributed by atoms with Crippen molar-refractivity contribution in [3.63, 3.8) is 0 Å². The van der Waals surface area contributed by atoms with E-state index in [-0.39, 0.29) is 5.06 Å². The number of ether oxygens (including phenoxy) is 3. The molecule has 0 bridgehead atoms. The maximum absolute atomic E-state index is 14.5. The molecule has 24 heteroatoms. The van der Waals surface area contributed by atoms with E-state index in [1.807, 2.05) is 0 Å². The van der Waals surface area contributed by atoms with Crippen molar-refractivity contribution in [2.75, 3.05) is 20.7 Å². The predicted octanol–water partition coefficient (Wildman–Crippen LogP) is -2.42. The number of aliphatic hydroxyl groups excluding tert-OH is 1. The van der Waals surface area contributed by atoms with E-state index in [0.29, 0.717) is 26.6 Å². The molecule has 2 saturated heterocycles. The number of hydrogen-bond acceptors (Lipinski definition) is 15. The summed E-state index contributed by atoms with van der Waals surface area (Å²) in [5, 5.41) is 28.7. The van der Waals surface area contributed by atoms with Crippen LogP contribution in [0.4, 0.5) is 22.4 Å². The smallest absolute Gasteiger partial charge is 0.386 e. The minimum atomic E-state index is -3.15. The summed E-state index contributed by atoms with van der Waals surface area (Å²) in [4.78, 5) is 77.1. The standard InChI is InChI=1S/C10H12F2N3O8P.C10H13F2N3O5/c1-14(19)5-4(12)7(22-8(5)23-10(18)24(20)21)15-2-3(11)6(16)13-9(15)17;1-14(19)7-5(3-16)20-9(6(7)12)15-2-4(11)8(17)13-10(15)18/h2,4-5,7-8,19-21H,1H3,(H,13,16,17);2,5-7,9,16,19H,3H2,1H3,(H,13,17,18)/t4-,5-,7+,8+;5-,6+,7-,9-/m01/s1. The van der Waals surface area contributed by atoms with Crippen molar-refractivity contribution in [2.24, 2.45) is 0 Å². The summed E-state index contributed by atoms with van der Waals surface area (Å²) in [6.07, 6.45) is -9.56. The summed E-state index contributed by atoms with van der Waals surface area (Å²) in [7, 11) is -1.01. The second-order valence-corrected chi connectivity index (χ2v) is 10.1. The van der Waals surface area contributed by atoms with Gasteiger partial charge in [0.05, 0.1) is 25.0 Å². The Hall–Kier alpha value is -3.38. The van der Waals surface area contributed by atoms with Crippen LogP contribution in [-0.2, 0) is 14.2 Å². The van der Waals surface area contributed by atoms with Gasteiger partial charge in [0.1, 0.15) is 12.1 Å². The largest absolute Gasteiger partial charge is 0.427 e.